The van der Waals surface area contributed by atoms with E-state index in [0.717, 1.165) is 11.3 Å². The van der Waals surface area contributed by atoms with Gasteiger partial charge in [-0.2, -0.15) is 15.4 Å². The summed E-state index contributed by atoms with van der Waals surface area (Å²) in [4.78, 5) is 12.5. The normalized spacial score (nSPS) is 11.8. The summed E-state index contributed by atoms with van der Waals surface area (Å²) in [6.45, 7) is 1.87. The lowest BCUT2D eigenvalue weighted by Crippen LogP contribution is -2.27. The van der Waals surface area contributed by atoms with E-state index in [1.54, 1.807) is 19.2 Å². The summed E-state index contributed by atoms with van der Waals surface area (Å²) in [5, 5.41) is 13.3. The highest BCUT2D eigenvalue weighted by molar-refractivity contribution is 5.98. The molecule has 0 fully saturated rings. The Hall–Kier alpha value is -3.22. The van der Waals surface area contributed by atoms with Crippen molar-refractivity contribution in [3.8, 4) is 17.0 Å². The first-order valence-electron chi connectivity index (χ1n) is 7.70. The van der Waals surface area contributed by atoms with Crippen LogP contribution in [0.5, 0.6) is 5.75 Å². The molecule has 0 saturated heterocycles. The number of ether oxygens (including phenoxy) is 1. The molecule has 0 spiro atoms. The molecule has 1 amide bonds. The molecule has 7 heteroatoms. The maximum absolute atomic E-state index is 13.1. The molecule has 3 rings (SSSR count). The molecule has 128 valence electrons. The van der Waals surface area contributed by atoms with Gasteiger partial charge in [0, 0.05) is 5.56 Å². The lowest BCUT2D eigenvalue weighted by atomic mass is 10.1. The summed E-state index contributed by atoms with van der Waals surface area (Å²) < 4.78 is 18.2. The molecule has 1 aromatic heterocycles. The van der Waals surface area contributed by atoms with Gasteiger partial charge in [0.05, 0.1) is 13.2 Å². The molecule has 0 aliphatic carbocycles. The molecular weight excluding hydrogens is 323 g/mol. The second-order valence-corrected chi connectivity index (χ2v) is 5.50. The van der Waals surface area contributed by atoms with Gasteiger partial charge in [-0.3, -0.25) is 4.79 Å². The standard InChI is InChI=1S/C18H17FN4O2/c1-11(12-5-9-15(25-2)10-6-12)20-18(24)17-16(21-23-22-17)13-3-7-14(19)8-4-13/h3-11H,1-2H3,(H,20,24)(H,21,22,23)/t11-/m1/s1. The fraction of sp³-hybridized carbons (Fsp3) is 0.167. The van der Waals surface area contributed by atoms with Crippen LogP contribution in [-0.4, -0.2) is 28.4 Å². The van der Waals surface area contributed by atoms with Crippen molar-refractivity contribution in [2.24, 2.45) is 0 Å². The Labute approximate surface area is 144 Å². The number of carbonyl (C=O) groups excluding carboxylic acids is 1. The molecule has 0 bridgehead atoms. The third-order valence-electron chi connectivity index (χ3n) is 3.84. The largest absolute Gasteiger partial charge is 0.497 e. The lowest BCUT2D eigenvalue weighted by molar-refractivity contribution is 0.0935. The van der Waals surface area contributed by atoms with Crippen LogP contribution in [0.15, 0.2) is 48.5 Å². The second kappa shape index (κ2) is 7.12. The van der Waals surface area contributed by atoms with Crippen molar-refractivity contribution in [3.05, 3.63) is 65.6 Å². The van der Waals surface area contributed by atoms with Crippen molar-refractivity contribution in [3.63, 3.8) is 0 Å². The van der Waals surface area contributed by atoms with Gasteiger partial charge in [0.15, 0.2) is 5.69 Å². The quantitative estimate of drug-likeness (QED) is 0.748. The first-order chi connectivity index (χ1) is 12.1. The summed E-state index contributed by atoms with van der Waals surface area (Å²) in [7, 11) is 1.60. The Morgan fingerprint density at radius 3 is 2.44 bits per heavy atom. The van der Waals surface area contributed by atoms with Gasteiger partial charge in [0.25, 0.3) is 5.91 Å². The number of amides is 1. The third-order valence-corrected chi connectivity index (χ3v) is 3.84. The minimum absolute atomic E-state index is 0.159. The van der Waals surface area contributed by atoms with Gasteiger partial charge in [-0.05, 0) is 48.9 Å². The summed E-state index contributed by atoms with van der Waals surface area (Å²) >= 11 is 0. The van der Waals surface area contributed by atoms with Crippen molar-refractivity contribution >= 4 is 5.91 Å². The van der Waals surface area contributed by atoms with Crippen LogP contribution in [0.4, 0.5) is 4.39 Å². The average Bonchev–Trinajstić information content (AvgIpc) is 3.12. The molecule has 0 aliphatic rings. The molecule has 0 unspecified atom stereocenters. The molecule has 2 N–H and O–H groups in total. The van der Waals surface area contributed by atoms with E-state index in [2.05, 4.69) is 20.7 Å². The predicted molar refractivity (Wildman–Crippen MR) is 90.7 cm³/mol. The van der Waals surface area contributed by atoms with Gasteiger partial charge in [-0.15, -0.1) is 0 Å². The molecule has 3 aromatic rings. The second-order valence-electron chi connectivity index (χ2n) is 5.50. The van der Waals surface area contributed by atoms with E-state index in [1.807, 2.05) is 31.2 Å². The number of carbonyl (C=O) groups is 1. The van der Waals surface area contributed by atoms with Crippen LogP contribution in [-0.2, 0) is 0 Å². The number of nitrogens with one attached hydrogen (secondary N) is 2. The summed E-state index contributed by atoms with van der Waals surface area (Å²) in [5.41, 5.74) is 2.07. The maximum Gasteiger partial charge on any atom is 0.274 e. The van der Waals surface area contributed by atoms with Crippen molar-refractivity contribution in [2.75, 3.05) is 7.11 Å². The fourth-order valence-corrected chi connectivity index (χ4v) is 2.44. The first kappa shape index (κ1) is 16.6. The SMILES string of the molecule is COc1ccc([C@@H](C)NC(=O)c2n[nH]nc2-c2ccc(F)cc2)cc1. The maximum atomic E-state index is 13.1. The topological polar surface area (TPSA) is 79.9 Å². The monoisotopic (exact) mass is 340 g/mol. The summed E-state index contributed by atoms with van der Waals surface area (Å²) in [6.07, 6.45) is 0. The van der Waals surface area contributed by atoms with Crippen LogP contribution in [0.25, 0.3) is 11.3 Å². The van der Waals surface area contributed by atoms with Crippen LogP contribution < -0.4 is 10.1 Å². The zero-order chi connectivity index (χ0) is 17.8. The zero-order valence-electron chi connectivity index (χ0n) is 13.8. The van der Waals surface area contributed by atoms with Gasteiger partial charge < -0.3 is 10.1 Å². The van der Waals surface area contributed by atoms with E-state index in [4.69, 9.17) is 4.74 Å². The number of benzene rings is 2. The number of aromatic nitrogens is 3. The van der Waals surface area contributed by atoms with E-state index in [1.165, 1.54) is 12.1 Å². The van der Waals surface area contributed by atoms with E-state index < -0.39 is 0 Å². The highest BCUT2D eigenvalue weighted by atomic mass is 19.1. The number of hydrogen-bond acceptors (Lipinski definition) is 4. The third kappa shape index (κ3) is 3.65. The van der Waals surface area contributed by atoms with Crippen molar-refractivity contribution in [2.45, 2.75) is 13.0 Å². The van der Waals surface area contributed by atoms with Crippen LogP contribution >= 0.6 is 0 Å². The molecule has 1 atom stereocenters. The van der Waals surface area contributed by atoms with Gasteiger partial charge in [0.2, 0.25) is 0 Å². The molecule has 0 radical (unpaired) electrons. The van der Waals surface area contributed by atoms with Crippen LogP contribution in [0.2, 0.25) is 0 Å². The molecule has 0 aliphatic heterocycles. The Morgan fingerprint density at radius 1 is 1.12 bits per heavy atom. The van der Waals surface area contributed by atoms with Gasteiger partial charge in [0.1, 0.15) is 17.3 Å². The fourth-order valence-electron chi connectivity index (χ4n) is 2.44. The Balaban J connectivity index is 1.77. The van der Waals surface area contributed by atoms with Gasteiger partial charge in [-0.1, -0.05) is 12.1 Å². The predicted octanol–water partition coefficient (Wildman–Crippen LogP) is 3.11. The Kier molecular flexibility index (Phi) is 4.74. The van der Waals surface area contributed by atoms with E-state index in [-0.39, 0.29) is 23.5 Å². The Bertz CT molecular complexity index is 860. The average molecular weight is 340 g/mol. The highest BCUT2D eigenvalue weighted by Crippen LogP contribution is 2.21. The first-order valence-corrected chi connectivity index (χ1v) is 7.70. The minimum atomic E-state index is -0.364. The van der Waals surface area contributed by atoms with Crippen LogP contribution in [0.3, 0.4) is 0 Å². The zero-order valence-corrected chi connectivity index (χ0v) is 13.8. The van der Waals surface area contributed by atoms with E-state index in [9.17, 15) is 9.18 Å². The molecule has 2 aromatic carbocycles. The number of nitrogens with zero attached hydrogens (tertiary/aromatic N) is 2. The van der Waals surface area contributed by atoms with Crippen LogP contribution in [0.1, 0.15) is 29.0 Å². The number of methoxy groups -OCH3 is 1. The van der Waals surface area contributed by atoms with Crippen molar-refractivity contribution < 1.29 is 13.9 Å². The van der Waals surface area contributed by atoms with Crippen molar-refractivity contribution in [1.82, 2.24) is 20.7 Å². The molecular formula is C18H17FN4O2. The van der Waals surface area contributed by atoms with Gasteiger partial charge in [-0.25, -0.2) is 4.39 Å². The summed E-state index contributed by atoms with van der Waals surface area (Å²) in [5.74, 6) is 0.0279. The number of halogens is 1. The smallest absolute Gasteiger partial charge is 0.274 e. The van der Waals surface area contributed by atoms with Crippen LogP contribution in [0, 0.1) is 5.82 Å². The van der Waals surface area contributed by atoms with E-state index in [0.29, 0.717) is 11.3 Å². The van der Waals surface area contributed by atoms with E-state index >= 15 is 0 Å². The summed E-state index contributed by atoms with van der Waals surface area (Å²) in [6, 6.07) is 12.9. The number of hydrogen-bond donors (Lipinski definition) is 2. The number of rotatable bonds is 5. The minimum Gasteiger partial charge on any atom is -0.497 e. The van der Waals surface area contributed by atoms with Crippen molar-refractivity contribution in [1.29, 1.82) is 0 Å². The lowest BCUT2D eigenvalue weighted by Gasteiger charge is -2.14. The Morgan fingerprint density at radius 2 is 1.80 bits per heavy atom. The molecule has 0 saturated carbocycles. The molecule has 1 heterocycles. The molecule has 6 nitrogen and oxygen atoms in total. The van der Waals surface area contributed by atoms with Gasteiger partial charge >= 0.3 is 0 Å². The number of H-pyrrole nitrogens is 1. The highest BCUT2D eigenvalue weighted by Gasteiger charge is 2.20. The molecule has 25 heavy (non-hydrogen) atoms. The number of aromatic amines is 1.